The van der Waals surface area contributed by atoms with Crippen molar-refractivity contribution in [3.05, 3.63) is 47.4 Å². The van der Waals surface area contributed by atoms with Gasteiger partial charge in [0.2, 0.25) is 5.88 Å². The second kappa shape index (κ2) is 7.60. The van der Waals surface area contributed by atoms with E-state index in [4.69, 9.17) is 4.74 Å². The number of anilines is 1. The zero-order valence-electron chi connectivity index (χ0n) is 16.3. The van der Waals surface area contributed by atoms with Crippen LogP contribution in [0.4, 0.5) is 10.1 Å². The number of ether oxygens (including phenoxy) is 1. The summed E-state index contributed by atoms with van der Waals surface area (Å²) in [7, 11) is -4.02. The molecule has 0 radical (unpaired) electrons. The number of aromatic nitrogens is 1. The molecule has 1 aromatic heterocycles. The molecule has 3 rings (SSSR count). The van der Waals surface area contributed by atoms with Gasteiger partial charge in [0, 0.05) is 6.20 Å². The van der Waals surface area contributed by atoms with Gasteiger partial charge in [-0.25, -0.2) is 17.8 Å². The Morgan fingerprint density at radius 2 is 2.10 bits per heavy atom. The number of aliphatic hydroxyl groups is 1. The molecule has 0 saturated carbocycles. The van der Waals surface area contributed by atoms with Gasteiger partial charge < -0.3 is 15.2 Å². The first-order valence-corrected chi connectivity index (χ1v) is 10.3. The number of carbonyl (C=O) groups is 1. The third-order valence-electron chi connectivity index (χ3n) is 4.46. The van der Waals surface area contributed by atoms with Gasteiger partial charge in [-0.05, 0) is 50.6 Å². The summed E-state index contributed by atoms with van der Waals surface area (Å²) in [5.74, 6) is -0.935. The molecule has 2 aromatic rings. The van der Waals surface area contributed by atoms with Crippen LogP contribution in [-0.4, -0.2) is 49.7 Å². The quantitative estimate of drug-likeness (QED) is 0.757. The maximum absolute atomic E-state index is 13.6. The summed E-state index contributed by atoms with van der Waals surface area (Å²) in [6, 6.07) is 4.93. The van der Waals surface area contributed by atoms with Gasteiger partial charge in [-0.2, -0.15) is 0 Å². The predicted molar refractivity (Wildman–Crippen MR) is 104 cm³/mol. The molecule has 29 heavy (non-hydrogen) atoms. The lowest BCUT2D eigenvalue weighted by atomic mass is 10.1. The van der Waals surface area contributed by atoms with Crippen LogP contribution in [0.25, 0.3) is 0 Å². The highest BCUT2D eigenvalue weighted by Gasteiger charge is 2.32. The van der Waals surface area contributed by atoms with Crippen LogP contribution in [0.3, 0.4) is 0 Å². The fraction of sp³-hybridized carbons (Fsp3) is 0.368. The number of aryl methyl sites for hydroxylation is 1. The summed E-state index contributed by atoms with van der Waals surface area (Å²) in [6.45, 7) is 4.60. The number of amides is 1. The third-order valence-corrected chi connectivity index (χ3v) is 6.27. The number of fused-ring (bicyclic) bond motifs is 1. The summed E-state index contributed by atoms with van der Waals surface area (Å²) in [4.78, 5) is 16.5. The van der Waals surface area contributed by atoms with Crippen molar-refractivity contribution in [3.63, 3.8) is 0 Å². The van der Waals surface area contributed by atoms with E-state index in [2.05, 4.69) is 10.3 Å². The van der Waals surface area contributed by atoms with Crippen molar-refractivity contribution in [2.24, 2.45) is 0 Å². The fourth-order valence-corrected chi connectivity index (χ4v) is 4.30. The number of carbonyl (C=O) groups excluding carboxylic acids is 1. The smallest absolute Gasteiger partial charge is 0.264 e. The third kappa shape index (κ3) is 4.18. The number of hydrogen-bond acceptors (Lipinski definition) is 6. The van der Waals surface area contributed by atoms with Gasteiger partial charge in [-0.1, -0.05) is 0 Å². The number of benzene rings is 1. The van der Waals surface area contributed by atoms with Crippen LogP contribution in [0.15, 0.2) is 35.4 Å². The van der Waals surface area contributed by atoms with E-state index >= 15 is 0 Å². The van der Waals surface area contributed by atoms with Crippen molar-refractivity contribution in [1.82, 2.24) is 10.3 Å². The number of pyridine rings is 1. The Bertz CT molecular complexity index is 1060. The summed E-state index contributed by atoms with van der Waals surface area (Å²) in [5, 5.41) is 12.0. The second-order valence-electron chi connectivity index (χ2n) is 7.38. The van der Waals surface area contributed by atoms with Gasteiger partial charge in [0.1, 0.15) is 18.1 Å². The molecule has 0 bridgehead atoms. The zero-order valence-corrected chi connectivity index (χ0v) is 17.1. The van der Waals surface area contributed by atoms with E-state index in [1.54, 1.807) is 13.8 Å². The average Bonchev–Trinajstić information content (AvgIpc) is 2.68. The normalized spacial score (nSPS) is 14.2. The predicted octanol–water partition coefficient (Wildman–Crippen LogP) is 1.62. The van der Waals surface area contributed by atoms with Crippen molar-refractivity contribution in [3.8, 4) is 5.88 Å². The van der Waals surface area contributed by atoms with Crippen molar-refractivity contribution < 1.29 is 27.4 Å². The lowest BCUT2D eigenvalue weighted by Gasteiger charge is -2.30. The maximum Gasteiger partial charge on any atom is 0.264 e. The highest BCUT2D eigenvalue weighted by Crippen LogP contribution is 2.34. The van der Waals surface area contributed by atoms with Crippen LogP contribution in [0.5, 0.6) is 5.88 Å². The summed E-state index contributed by atoms with van der Waals surface area (Å²) < 4.78 is 46.4. The van der Waals surface area contributed by atoms with Gasteiger partial charge in [0.05, 0.1) is 29.1 Å². The molecule has 8 nitrogen and oxygen atoms in total. The van der Waals surface area contributed by atoms with Gasteiger partial charge in [0.25, 0.3) is 15.9 Å². The Morgan fingerprint density at radius 1 is 1.38 bits per heavy atom. The van der Waals surface area contributed by atoms with Crippen molar-refractivity contribution >= 4 is 21.6 Å². The molecule has 0 spiro atoms. The molecule has 0 fully saturated rings. The molecule has 10 heteroatoms. The van der Waals surface area contributed by atoms with Gasteiger partial charge in [-0.15, -0.1) is 0 Å². The van der Waals surface area contributed by atoms with Gasteiger partial charge in [0.15, 0.2) is 0 Å². The van der Waals surface area contributed by atoms with Crippen LogP contribution in [0.2, 0.25) is 0 Å². The molecule has 2 heterocycles. The standard InChI is InChI=1S/C19H22FN3O5S/c1-12-8-14(4-5-15(12)20)29(26,27)23-6-7-28-18-16(23)9-13(10-21-18)17(25)22-19(2,3)11-24/h4-5,8-10,24H,6-7,11H2,1-3H3,(H,22,25). The number of aliphatic hydroxyl groups excluding tert-OH is 1. The summed E-state index contributed by atoms with van der Waals surface area (Å²) in [6.07, 6.45) is 1.28. The van der Waals surface area contributed by atoms with E-state index in [1.165, 1.54) is 31.3 Å². The monoisotopic (exact) mass is 423 g/mol. The number of nitrogens with zero attached hydrogens (tertiary/aromatic N) is 2. The molecule has 1 aliphatic rings. The van der Waals surface area contributed by atoms with Gasteiger partial charge >= 0.3 is 0 Å². The summed E-state index contributed by atoms with van der Waals surface area (Å²) >= 11 is 0. The number of nitrogens with one attached hydrogen (secondary N) is 1. The van der Waals surface area contributed by atoms with Crippen LogP contribution >= 0.6 is 0 Å². The molecule has 2 N–H and O–H groups in total. The first-order chi connectivity index (χ1) is 13.5. The highest BCUT2D eigenvalue weighted by atomic mass is 32.2. The van der Waals surface area contributed by atoms with E-state index in [1.807, 2.05) is 0 Å². The molecular weight excluding hydrogens is 401 g/mol. The minimum Gasteiger partial charge on any atom is -0.474 e. The van der Waals surface area contributed by atoms with Crippen molar-refractivity contribution in [2.45, 2.75) is 31.2 Å². The van der Waals surface area contributed by atoms with E-state index in [9.17, 15) is 22.7 Å². The SMILES string of the molecule is Cc1cc(S(=O)(=O)N2CCOc3ncc(C(=O)NC(C)(C)CO)cc32)ccc1F. The van der Waals surface area contributed by atoms with Crippen LogP contribution < -0.4 is 14.4 Å². The topological polar surface area (TPSA) is 109 Å². The van der Waals surface area contributed by atoms with Crippen LogP contribution in [-0.2, 0) is 10.0 Å². The highest BCUT2D eigenvalue weighted by molar-refractivity contribution is 7.92. The fourth-order valence-electron chi connectivity index (χ4n) is 2.77. The molecule has 1 aliphatic heterocycles. The van der Waals surface area contributed by atoms with Gasteiger partial charge in [-0.3, -0.25) is 9.10 Å². The van der Waals surface area contributed by atoms with Crippen LogP contribution in [0, 0.1) is 12.7 Å². The Kier molecular flexibility index (Phi) is 5.50. The molecule has 0 aliphatic carbocycles. The van der Waals surface area contributed by atoms with Crippen LogP contribution in [0.1, 0.15) is 29.8 Å². The van der Waals surface area contributed by atoms with E-state index in [0.29, 0.717) is 0 Å². The molecule has 156 valence electrons. The van der Waals surface area contributed by atoms with E-state index < -0.39 is 27.3 Å². The Labute approximate surface area is 168 Å². The van der Waals surface area contributed by atoms with Crippen molar-refractivity contribution in [2.75, 3.05) is 24.1 Å². The lowest BCUT2D eigenvalue weighted by molar-refractivity contribution is 0.0869. The Hall–Kier alpha value is -2.72. The largest absolute Gasteiger partial charge is 0.474 e. The molecule has 0 unspecified atom stereocenters. The number of sulfonamides is 1. The number of halogens is 1. The summed E-state index contributed by atoms with van der Waals surface area (Å²) in [5.41, 5.74) is -0.419. The van der Waals surface area contributed by atoms with Crippen molar-refractivity contribution in [1.29, 1.82) is 0 Å². The Morgan fingerprint density at radius 3 is 2.76 bits per heavy atom. The molecular formula is C19H22FN3O5S. The second-order valence-corrected chi connectivity index (χ2v) is 9.24. The number of rotatable bonds is 5. The molecule has 0 atom stereocenters. The first-order valence-electron chi connectivity index (χ1n) is 8.90. The lowest BCUT2D eigenvalue weighted by Crippen LogP contribution is -2.46. The Balaban J connectivity index is 2.01. The molecule has 1 aromatic carbocycles. The zero-order chi connectivity index (χ0) is 21.4. The van der Waals surface area contributed by atoms with E-state index in [-0.39, 0.29) is 47.3 Å². The molecule has 0 saturated heterocycles. The minimum atomic E-state index is -4.02. The number of hydrogen-bond donors (Lipinski definition) is 2. The minimum absolute atomic E-state index is 0.0145. The van der Waals surface area contributed by atoms with E-state index in [0.717, 1.165) is 10.4 Å². The molecule has 1 amide bonds. The maximum atomic E-state index is 13.6. The average molecular weight is 423 g/mol. The first kappa shape index (κ1) is 21.0.